The third-order valence-corrected chi connectivity index (χ3v) is 6.03. The minimum absolute atomic E-state index is 0.0128. The van der Waals surface area contributed by atoms with Crippen LogP contribution in [0.4, 0.5) is 5.13 Å². The Kier molecular flexibility index (Phi) is 4.66. The molecule has 2 atom stereocenters. The molecule has 0 aliphatic heterocycles. The van der Waals surface area contributed by atoms with Crippen molar-refractivity contribution in [2.24, 2.45) is 5.41 Å². The molecule has 1 heterocycles. The van der Waals surface area contributed by atoms with E-state index < -0.39 is 5.41 Å². The average Bonchev–Trinajstić information content (AvgIpc) is 3.28. The Balaban J connectivity index is 1.80. The number of allylic oxidation sites excluding steroid dienone is 1. The van der Waals surface area contributed by atoms with Crippen molar-refractivity contribution >= 4 is 28.5 Å². The molecule has 2 aromatic carbocycles. The maximum atomic E-state index is 13.3. The van der Waals surface area contributed by atoms with E-state index in [0.717, 1.165) is 6.42 Å². The largest absolute Gasteiger partial charge is 0.301 e. The van der Waals surface area contributed by atoms with Gasteiger partial charge in [-0.15, -0.1) is 11.3 Å². The summed E-state index contributed by atoms with van der Waals surface area (Å²) < 4.78 is 0. The second-order valence-electron chi connectivity index (χ2n) is 7.19. The number of carbonyl (C=O) groups is 1. The number of rotatable bonds is 4. The van der Waals surface area contributed by atoms with Gasteiger partial charge >= 0.3 is 0 Å². The number of hydrogen-bond donors (Lipinski definition) is 1. The van der Waals surface area contributed by atoms with Crippen molar-refractivity contribution < 1.29 is 4.79 Å². The van der Waals surface area contributed by atoms with Crippen LogP contribution >= 0.6 is 11.3 Å². The second-order valence-corrected chi connectivity index (χ2v) is 8.08. The van der Waals surface area contributed by atoms with E-state index in [1.54, 1.807) is 6.20 Å². The molecular weight excluding hydrogens is 352 g/mol. The minimum atomic E-state index is -0.566. The van der Waals surface area contributed by atoms with Crippen LogP contribution < -0.4 is 5.32 Å². The molecule has 3 aromatic rings. The van der Waals surface area contributed by atoms with Crippen molar-refractivity contribution in [3.63, 3.8) is 0 Å². The number of amides is 1. The third kappa shape index (κ3) is 3.21. The van der Waals surface area contributed by atoms with Crippen molar-refractivity contribution in [1.82, 2.24) is 4.98 Å². The first-order valence-corrected chi connectivity index (χ1v) is 10.0. The van der Waals surface area contributed by atoms with E-state index in [-0.39, 0.29) is 11.8 Å². The summed E-state index contributed by atoms with van der Waals surface area (Å²) in [7, 11) is 0. The van der Waals surface area contributed by atoms with E-state index >= 15 is 0 Å². The molecule has 1 aliphatic carbocycles. The fraction of sp³-hybridized carbons (Fsp3) is 0.217. The molecule has 4 rings (SSSR count). The van der Waals surface area contributed by atoms with Crippen LogP contribution in [0.3, 0.4) is 0 Å². The number of anilines is 1. The third-order valence-electron chi connectivity index (χ3n) is 5.34. The van der Waals surface area contributed by atoms with E-state index in [2.05, 4.69) is 53.6 Å². The molecule has 0 spiro atoms. The second kappa shape index (κ2) is 7.12. The Morgan fingerprint density at radius 3 is 2.78 bits per heavy atom. The lowest BCUT2D eigenvalue weighted by atomic mass is 9.73. The quantitative estimate of drug-likeness (QED) is 0.654. The highest BCUT2D eigenvalue weighted by molar-refractivity contribution is 7.13. The van der Waals surface area contributed by atoms with Gasteiger partial charge in [-0.3, -0.25) is 4.79 Å². The average molecular weight is 375 g/mol. The van der Waals surface area contributed by atoms with E-state index in [4.69, 9.17) is 0 Å². The normalized spacial score (nSPS) is 21.3. The minimum Gasteiger partial charge on any atom is -0.301 e. The van der Waals surface area contributed by atoms with Crippen LogP contribution in [-0.2, 0) is 11.2 Å². The molecule has 0 saturated heterocycles. The number of carbonyl (C=O) groups excluding carboxylic acids is 1. The van der Waals surface area contributed by atoms with Crippen molar-refractivity contribution in [1.29, 1.82) is 0 Å². The van der Waals surface area contributed by atoms with E-state index in [1.807, 2.05) is 36.6 Å². The summed E-state index contributed by atoms with van der Waals surface area (Å²) >= 11 is 1.45. The van der Waals surface area contributed by atoms with Crippen molar-refractivity contribution in [2.75, 3.05) is 5.32 Å². The van der Waals surface area contributed by atoms with Gasteiger partial charge in [0.25, 0.3) is 0 Å². The lowest BCUT2D eigenvalue weighted by molar-refractivity contribution is -0.125. The zero-order chi connectivity index (χ0) is 18.9. The standard InChI is InChI=1S/C23H22N2OS/c1-3-7-16-10-11-18-15-23(2,21(26)25-22-24-12-13-27-22)20(19(18)14-16)17-8-5-4-6-9-17/h3-14,20H,15H2,1-2H3,(H,24,25,26)/t20-,23+/m1/s1. The molecule has 0 saturated carbocycles. The maximum absolute atomic E-state index is 13.3. The van der Waals surface area contributed by atoms with Crippen LogP contribution in [-0.4, -0.2) is 10.9 Å². The van der Waals surface area contributed by atoms with Gasteiger partial charge < -0.3 is 5.32 Å². The monoisotopic (exact) mass is 374 g/mol. The summed E-state index contributed by atoms with van der Waals surface area (Å²) in [5, 5.41) is 5.56. The molecule has 1 amide bonds. The molecule has 1 aromatic heterocycles. The number of hydrogen-bond acceptors (Lipinski definition) is 3. The van der Waals surface area contributed by atoms with Gasteiger partial charge in [-0.25, -0.2) is 4.98 Å². The number of nitrogens with one attached hydrogen (secondary N) is 1. The molecule has 0 radical (unpaired) electrons. The van der Waals surface area contributed by atoms with Gasteiger partial charge in [0, 0.05) is 17.5 Å². The summed E-state index contributed by atoms with van der Waals surface area (Å²) in [6.07, 6.45) is 6.58. The molecule has 3 nitrogen and oxygen atoms in total. The smallest absolute Gasteiger partial charge is 0.233 e. The zero-order valence-electron chi connectivity index (χ0n) is 15.5. The van der Waals surface area contributed by atoms with Gasteiger partial charge in [0.1, 0.15) is 0 Å². The number of aromatic nitrogens is 1. The predicted molar refractivity (Wildman–Crippen MR) is 112 cm³/mol. The lowest BCUT2D eigenvalue weighted by Gasteiger charge is -2.31. The summed E-state index contributed by atoms with van der Waals surface area (Å²) in [6.45, 7) is 4.09. The van der Waals surface area contributed by atoms with Crippen LogP contribution in [0.1, 0.15) is 42.0 Å². The predicted octanol–water partition coefficient (Wildman–Crippen LogP) is 5.51. The molecule has 1 N–H and O–H groups in total. The van der Waals surface area contributed by atoms with E-state index in [0.29, 0.717) is 5.13 Å². The number of thiazole rings is 1. The van der Waals surface area contributed by atoms with Crippen LogP contribution in [0.5, 0.6) is 0 Å². The summed E-state index contributed by atoms with van der Waals surface area (Å²) in [5.74, 6) is 0.0361. The Hall–Kier alpha value is -2.72. The van der Waals surface area contributed by atoms with Crippen LogP contribution in [0.2, 0.25) is 0 Å². The van der Waals surface area contributed by atoms with Crippen LogP contribution in [0, 0.1) is 5.41 Å². The highest BCUT2D eigenvalue weighted by Gasteiger charge is 2.48. The van der Waals surface area contributed by atoms with Crippen molar-refractivity contribution in [3.05, 3.63) is 88.4 Å². The van der Waals surface area contributed by atoms with Gasteiger partial charge in [-0.05, 0) is 42.5 Å². The van der Waals surface area contributed by atoms with Crippen molar-refractivity contribution in [2.45, 2.75) is 26.2 Å². The molecule has 0 fully saturated rings. The molecule has 136 valence electrons. The van der Waals surface area contributed by atoms with Gasteiger partial charge in [-0.1, -0.05) is 60.7 Å². The molecule has 27 heavy (non-hydrogen) atoms. The number of benzene rings is 2. The highest BCUT2D eigenvalue weighted by atomic mass is 32.1. The Morgan fingerprint density at radius 2 is 2.07 bits per heavy atom. The lowest BCUT2D eigenvalue weighted by Crippen LogP contribution is -2.37. The van der Waals surface area contributed by atoms with E-state index in [9.17, 15) is 4.79 Å². The highest BCUT2D eigenvalue weighted by Crippen LogP contribution is 2.51. The molecular formula is C23H22N2OS. The van der Waals surface area contributed by atoms with Gasteiger partial charge in [0.15, 0.2) is 5.13 Å². The van der Waals surface area contributed by atoms with Gasteiger partial charge in [0.2, 0.25) is 5.91 Å². The van der Waals surface area contributed by atoms with Crippen LogP contribution in [0.15, 0.2) is 66.2 Å². The molecule has 4 heteroatoms. The first kappa shape index (κ1) is 17.7. The Labute approximate surface area is 163 Å². The van der Waals surface area contributed by atoms with Gasteiger partial charge in [0.05, 0.1) is 5.41 Å². The van der Waals surface area contributed by atoms with Gasteiger partial charge in [-0.2, -0.15) is 0 Å². The first-order valence-electron chi connectivity index (χ1n) is 9.13. The molecule has 0 unspecified atom stereocenters. The fourth-order valence-electron chi connectivity index (χ4n) is 4.11. The maximum Gasteiger partial charge on any atom is 0.233 e. The number of nitrogens with zero attached hydrogens (tertiary/aromatic N) is 1. The molecule has 1 aliphatic rings. The Bertz CT molecular complexity index is 979. The fourth-order valence-corrected chi connectivity index (χ4v) is 4.63. The summed E-state index contributed by atoms with van der Waals surface area (Å²) in [5.41, 5.74) is 4.26. The molecule has 0 bridgehead atoms. The number of fused-ring (bicyclic) bond motifs is 1. The topological polar surface area (TPSA) is 42.0 Å². The first-order chi connectivity index (χ1) is 13.1. The van der Waals surface area contributed by atoms with Crippen molar-refractivity contribution in [3.8, 4) is 0 Å². The zero-order valence-corrected chi connectivity index (χ0v) is 16.3. The SMILES string of the molecule is CC=Cc1ccc2c(c1)[C@@H](c1ccccc1)[C@@](C)(C(=O)Nc1nccs1)C2. The Morgan fingerprint density at radius 1 is 1.26 bits per heavy atom. The summed E-state index contributed by atoms with van der Waals surface area (Å²) in [6, 6.07) is 16.9. The summed E-state index contributed by atoms with van der Waals surface area (Å²) in [4.78, 5) is 17.6. The van der Waals surface area contributed by atoms with Crippen LogP contribution in [0.25, 0.3) is 6.08 Å². The van der Waals surface area contributed by atoms with E-state index in [1.165, 1.54) is 33.6 Å².